The molecule has 0 spiro atoms. The van der Waals surface area contributed by atoms with Gasteiger partial charge in [0.25, 0.3) is 0 Å². The summed E-state index contributed by atoms with van der Waals surface area (Å²) in [6, 6.07) is 0. The zero-order valence-electron chi connectivity index (χ0n) is 4.64. The molecule has 0 aliphatic carbocycles. The fourth-order valence-corrected chi connectivity index (χ4v) is 0. The second-order valence-corrected chi connectivity index (χ2v) is 0.995. The number of aliphatic hydroxyl groups is 1. The number of carbonyl (C=O) groups excluding carboxylic acids is 1. The molecule has 4 nitrogen and oxygen atoms in total. The van der Waals surface area contributed by atoms with Crippen molar-refractivity contribution in [2.75, 3.05) is 0 Å². The zero-order chi connectivity index (χ0) is 5.15. The molecule has 0 rings (SSSR count). The molecule has 0 heterocycles. The number of hydrogen-bond acceptors (Lipinski definition) is 3. The molecule has 0 radical (unpaired) electrons. The Morgan fingerprint density at radius 2 is 1.88 bits per heavy atom. The Kier molecular flexibility index (Phi) is 13.5. The van der Waals surface area contributed by atoms with Crippen molar-refractivity contribution in [3.63, 3.8) is 0 Å². The summed E-state index contributed by atoms with van der Waals surface area (Å²) >= 11 is 0. The minimum absolute atomic E-state index is 0. The molecule has 5 heteroatoms. The Morgan fingerprint density at radius 3 is 1.88 bits per heavy atom. The van der Waals surface area contributed by atoms with Crippen LogP contribution in [0, 0.1) is 0 Å². The Balaban J connectivity index is -0.000000125. The number of carboxylic acid groups (broad SMARTS) is 1. The summed E-state index contributed by atoms with van der Waals surface area (Å²) in [4.78, 5) is 9.34. The molecule has 0 aromatic rings. The smallest absolute Gasteiger partial charge is 0.547 e. The van der Waals surface area contributed by atoms with E-state index < -0.39 is 12.1 Å². The molecule has 0 fully saturated rings. The van der Waals surface area contributed by atoms with Crippen LogP contribution in [0.25, 0.3) is 0 Å². The average Bonchev–Trinajstić information content (AvgIpc) is 1.36. The second kappa shape index (κ2) is 6.91. The summed E-state index contributed by atoms with van der Waals surface area (Å²) < 4.78 is 0. The van der Waals surface area contributed by atoms with E-state index in [2.05, 4.69) is 0 Å². The van der Waals surface area contributed by atoms with E-state index in [4.69, 9.17) is 5.11 Å². The minimum Gasteiger partial charge on any atom is -0.547 e. The summed E-state index contributed by atoms with van der Waals surface area (Å²) in [7, 11) is 0. The van der Waals surface area contributed by atoms with E-state index in [1.54, 1.807) is 0 Å². The van der Waals surface area contributed by atoms with Gasteiger partial charge in [0, 0.05) is 0 Å². The maximum atomic E-state index is 9.34. The molecule has 54 valence electrons. The second-order valence-electron chi connectivity index (χ2n) is 0.995. The third-order valence-electron chi connectivity index (χ3n) is 0.341. The standard InChI is InChI=1S/C3H6O3.Cu.H3N/c1-2(4)3(5)6;;/h2,4H,1H3,(H,5,6);;1H3/q;+1;. The number of quaternary nitrogens is 1. The van der Waals surface area contributed by atoms with Gasteiger partial charge < -0.3 is 21.2 Å². The van der Waals surface area contributed by atoms with Crippen molar-refractivity contribution in [2.45, 2.75) is 13.0 Å². The van der Waals surface area contributed by atoms with E-state index in [9.17, 15) is 9.90 Å². The molecule has 0 aromatic carbocycles. The van der Waals surface area contributed by atoms with E-state index in [0.717, 1.165) is 6.92 Å². The Hall–Kier alpha value is -0.0905. The zero-order valence-corrected chi connectivity index (χ0v) is 5.58. The molecule has 0 saturated carbocycles. The van der Waals surface area contributed by atoms with Crippen molar-refractivity contribution >= 4 is 5.97 Å². The first-order valence-corrected chi connectivity index (χ1v) is 1.53. The van der Waals surface area contributed by atoms with Gasteiger partial charge in [0.05, 0.1) is 12.1 Å². The van der Waals surface area contributed by atoms with Crippen LogP contribution < -0.4 is 11.3 Å². The monoisotopic (exact) mass is 170 g/mol. The maximum absolute atomic E-state index is 9.34. The van der Waals surface area contributed by atoms with Crippen molar-refractivity contribution in [3.8, 4) is 0 Å². The van der Waals surface area contributed by atoms with Crippen LogP contribution in [0.3, 0.4) is 0 Å². The summed E-state index contributed by atoms with van der Waals surface area (Å²) in [6.45, 7) is 1.13. The normalized spacial score (nSPS) is 10.2. The SMILES string of the molecule is CC(O)C(=O)[O-].[Cu+].[NH4+]. The van der Waals surface area contributed by atoms with Crippen LogP contribution in [0.4, 0.5) is 0 Å². The Morgan fingerprint density at radius 1 is 1.75 bits per heavy atom. The molecule has 0 saturated heterocycles. The van der Waals surface area contributed by atoms with Crippen molar-refractivity contribution in [1.82, 2.24) is 6.15 Å². The predicted octanol–water partition coefficient (Wildman–Crippen LogP) is -1.51. The van der Waals surface area contributed by atoms with E-state index in [0.29, 0.717) is 0 Å². The van der Waals surface area contributed by atoms with Crippen molar-refractivity contribution in [2.24, 2.45) is 0 Å². The molecule has 0 aliphatic rings. The van der Waals surface area contributed by atoms with Gasteiger partial charge in [-0.25, -0.2) is 0 Å². The average molecular weight is 171 g/mol. The number of hydrogen-bond donors (Lipinski definition) is 2. The fraction of sp³-hybridized carbons (Fsp3) is 0.667. The summed E-state index contributed by atoms with van der Waals surface area (Å²) in [5.41, 5.74) is 0. The largest absolute Gasteiger partial charge is 1.00 e. The van der Waals surface area contributed by atoms with Gasteiger partial charge >= 0.3 is 17.1 Å². The third kappa shape index (κ3) is 9.32. The van der Waals surface area contributed by atoms with E-state index >= 15 is 0 Å². The van der Waals surface area contributed by atoms with Gasteiger partial charge in [-0.3, -0.25) is 0 Å². The van der Waals surface area contributed by atoms with Crippen LogP contribution in [-0.4, -0.2) is 17.2 Å². The molecular weight excluding hydrogens is 162 g/mol. The van der Waals surface area contributed by atoms with E-state index in [-0.39, 0.29) is 23.2 Å². The predicted molar refractivity (Wildman–Crippen MR) is 22.7 cm³/mol. The molecular formula is C3H9CuNO3+. The van der Waals surface area contributed by atoms with Gasteiger partial charge in [-0.15, -0.1) is 0 Å². The molecule has 0 amide bonds. The summed E-state index contributed by atoms with van der Waals surface area (Å²) in [6.07, 6.45) is -1.34. The van der Waals surface area contributed by atoms with Crippen molar-refractivity contribution in [1.29, 1.82) is 0 Å². The van der Waals surface area contributed by atoms with Crippen molar-refractivity contribution in [3.05, 3.63) is 0 Å². The topological polar surface area (TPSA) is 96.9 Å². The van der Waals surface area contributed by atoms with Crippen LogP contribution in [0.2, 0.25) is 0 Å². The van der Waals surface area contributed by atoms with Gasteiger partial charge in [-0.2, -0.15) is 0 Å². The molecule has 1 unspecified atom stereocenters. The van der Waals surface area contributed by atoms with Gasteiger partial charge in [0.2, 0.25) is 0 Å². The van der Waals surface area contributed by atoms with Crippen LogP contribution in [0.1, 0.15) is 6.92 Å². The molecule has 1 atom stereocenters. The van der Waals surface area contributed by atoms with Gasteiger partial charge in [0.15, 0.2) is 0 Å². The minimum atomic E-state index is -1.44. The first-order chi connectivity index (χ1) is 2.64. The van der Waals surface area contributed by atoms with Crippen LogP contribution in [0.5, 0.6) is 0 Å². The fourth-order valence-electron chi connectivity index (χ4n) is 0. The molecule has 0 aromatic heterocycles. The summed E-state index contributed by atoms with van der Waals surface area (Å²) in [5.74, 6) is -1.44. The number of carboxylic acids is 1. The first kappa shape index (κ1) is 15.7. The Bertz CT molecular complexity index is 65.5. The third-order valence-corrected chi connectivity index (χ3v) is 0.341. The Labute approximate surface area is 58.0 Å². The number of carbonyl (C=O) groups is 1. The number of aliphatic carboxylic acids is 1. The van der Waals surface area contributed by atoms with E-state index in [1.807, 2.05) is 0 Å². The maximum Gasteiger partial charge on any atom is 1.00 e. The number of aliphatic hydroxyl groups excluding tert-OH is 1. The molecule has 0 aliphatic heterocycles. The number of rotatable bonds is 1. The van der Waals surface area contributed by atoms with E-state index in [1.165, 1.54) is 0 Å². The quantitative estimate of drug-likeness (QED) is 0.469. The molecule has 8 heavy (non-hydrogen) atoms. The molecule has 0 bridgehead atoms. The summed E-state index contributed by atoms with van der Waals surface area (Å²) in [5, 5.41) is 17.3. The van der Waals surface area contributed by atoms with Gasteiger partial charge in [0.1, 0.15) is 0 Å². The first-order valence-electron chi connectivity index (χ1n) is 1.53. The van der Waals surface area contributed by atoms with Gasteiger partial charge in [-0.1, -0.05) is 0 Å². The van der Waals surface area contributed by atoms with Crippen molar-refractivity contribution < 1.29 is 32.1 Å². The van der Waals surface area contributed by atoms with Gasteiger partial charge in [-0.05, 0) is 6.92 Å². The van der Waals surface area contributed by atoms with Crippen LogP contribution in [0.15, 0.2) is 0 Å². The van der Waals surface area contributed by atoms with Crippen LogP contribution in [-0.2, 0) is 21.9 Å². The molecule has 5 N–H and O–H groups in total. The van der Waals surface area contributed by atoms with Crippen LogP contribution >= 0.6 is 0 Å².